The molecule has 0 bridgehead atoms. The van der Waals surface area contributed by atoms with E-state index in [2.05, 4.69) is 20.4 Å². The number of aromatic nitrogens is 1. The second-order valence-electron chi connectivity index (χ2n) is 21.7. The summed E-state index contributed by atoms with van der Waals surface area (Å²) in [6, 6.07) is 35.2. The maximum Gasteiger partial charge on any atom is 0.424 e. The van der Waals surface area contributed by atoms with Crippen molar-refractivity contribution in [3.05, 3.63) is 201 Å². The Kier molecular flexibility index (Phi) is 40.8. The highest BCUT2D eigenvalue weighted by molar-refractivity contribution is 7.59. The van der Waals surface area contributed by atoms with Crippen molar-refractivity contribution >= 4 is 124 Å². The minimum Gasteiger partial charge on any atom is -0.480 e. The van der Waals surface area contributed by atoms with E-state index in [1.54, 1.807) is 56.4 Å². The number of alkyl carbamates (subject to hydrolysis) is 1. The molecule has 1 aromatic heterocycles. The molecule has 3 aliphatic heterocycles. The van der Waals surface area contributed by atoms with Crippen molar-refractivity contribution in [1.82, 2.24) is 29.9 Å². The predicted molar refractivity (Wildman–Crippen MR) is 391 cm³/mol. The van der Waals surface area contributed by atoms with Crippen LogP contribution in [0.4, 0.5) is 42.6 Å². The molecule has 104 heavy (non-hydrogen) atoms. The fourth-order valence-corrected chi connectivity index (χ4v) is 9.89. The number of hydrogen-bond donors (Lipinski definition) is 5. The van der Waals surface area contributed by atoms with Crippen LogP contribution in [0, 0.1) is 5.82 Å². The number of halogens is 5. The summed E-state index contributed by atoms with van der Waals surface area (Å²) in [6.07, 6.45) is -4.48. The molecule has 9 amide bonds. The molecule has 3 atom stereocenters. The van der Waals surface area contributed by atoms with Crippen molar-refractivity contribution in [2.75, 3.05) is 51.9 Å². The number of nitrogens with two attached hydrogens (primary N) is 2. The van der Waals surface area contributed by atoms with Gasteiger partial charge in [-0.2, -0.15) is 58.6 Å². The van der Waals surface area contributed by atoms with Crippen molar-refractivity contribution in [1.29, 1.82) is 0 Å². The zero-order valence-electron chi connectivity index (χ0n) is 55.2. The number of nitrogens with zero attached hydrogens (tertiary/aromatic N) is 5. The van der Waals surface area contributed by atoms with E-state index in [0.29, 0.717) is 66.6 Å². The predicted octanol–water partition coefficient (Wildman–Crippen LogP) is 11.4. The summed E-state index contributed by atoms with van der Waals surface area (Å²) >= 11 is 5.93. The first-order valence-corrected chi connectivity index (χ1v) is 31.3. The van der Waals surface area contributed by atoms with Crippen molar-refractivity contribution < 1.29 is 99.1 Å². The molecular formula is C70H86ClF4N9O17S3. The molecule has 0 unspecified atom stereocenters. The fourth-order valence-electron chi connectivity index (χ4n) is 9.67. The largest absolute Gasteiger partial charge is 0.480 e. The minimum atomic E-state index is -4.54. The molecule has 7 N–H and O–H groups in total. The Morgan fingerprint density at radius 2 is 1.21 bits per heavy atom. The number of nitrogens with one attached hydrogen (secondary N) is 2. The van der Waals surface area contributed by atoms with Gasteiger partial charge < -0.3 is 50.5 Å². The zero-order chi connectivity index (χ0) is 72.2. The van der Waals surface area contributed by atoms with E-state index >= 15 is 0 Å². The van der Waals surface area contributed by atoms with E-state index in [4.69, 9.17) is 47.1 Å². The Balaban J connectivity index is 0.000000709. The van der Waals surface area contributed by atoms with Crippen molar-refractivity contribution in [3.63, 3.8) is 0 Å². The van der Waals surface area contributed by atoms with E-state index in [1.165, 1.54) is 39.0 Å². The van der Waals surface area contributed by atoms with Gasteiger partial charge in [0.15, 0.2) is 6.73 Å². The standard InChI is InChI=1S/C22H25ClF4N4O3.C22H20N2O6.C13H18N2O4.C11H9NO4.2CH4.3H2S/c1-31(19(32)10-7-14-4-2-6-17(24)20(14)23)16(5-3-11-28)13-34-21(33)30-18-9-8-15(12-29-18)22(25,26)27;25-19-16-9-4-5-10-17(16)20(26)23(19)12-6-11-18-21(27)30-14-24(18)22(28)29-13-15-7-2-1-3-8-15;14-8-4-7-11(12(16)17)15-13(18)19-9-10-5-2-1-3-6-10;1-2-16-11(15)12-9(13)7-5-3-4-6-8(7)10(12)14;;;;;/h2,4,6,8-9,12,16H,3,5,7,10-11,13,28H2,1H3,(H,29,30,33);1-5,7-10,18H,6,11-14H2;1-3,5-6,11H,4,7-9,14H2,(H,15,18)(H,16,17);3-6H,2H2,1H3;2*1H4;3*1H2/t16-;18-;11-;;;;;;/m000....../s1. The molecular weight excluding hydrogens is 1450 g/mol. The Morgan fingerprint density at radius 1 is 0.683 bits per heavy atom. The van der Waals surface area contributed by atoms with Gasteiger partial charge in [0.25, 0.3) is 23.6 Å². The van der Waals surface area contributed by atoms with Gasteiger partial charge in [0.2, 0.25) is 5.91 Å². The monoisotopic (exact) mass is 1530 g/mol. The summed E-state index contributed by atoms with van der Waals surface area (Å²) in [5.41, 5.74) is 13.3. The van der Waals surface area contributed by atoms with Gasteiger partial charge in [-0.1, -0.05) is 124 Å². The topological polar surface area (TPSA) is 356 Å². The number of anilines is 1. The van der Waals surface area contributed by atoms with Gasteiger partial charge in [-0.25, -0.2) is 38.1 Å². The number of amides is 9. The first-order valence-electron chi connectivity index (χ1n) is 30.9. The van der Waals surface area contributed by atoms with E-state index in [9.17, 15) is 70.3 Å². The highest BCUT2D eigenvalue weighted by atomic mass is 35.5. The molecule has 0 spiro atoms. The summed E-state index contributed by atoms with van der Waals surface area (Å²) in [6.45, 7) is 2.47. The van der Waals surface area contributed by atoms with E-state index in [-0.39, 0.29) is 160 Å². The number of alkyl halides is 3. The molecule has 5 aromatic carbocycles. The van der Waals surface area contributed by atoms with Gasteiger partial charge in [-0.3, -0.25) is 39.1 Å². The number of hydrogen-bond acceptors (Lipinski definition) is 19. The average molecular weight is 1530 g/mol. The second kappa shape index (κ2) is 46.0. The number of rotatable bonds is 24. The van der Waals surface area contributed by atoms with E-state index in [0.717, 1.165) is 23.3 Å². The number of carbonyl (C=O) groups is 11. The van der Waals surface area contributed by atoms with Crippen LogP contribution in [0.25, 0.3) is 0 Å². The number of cyclic esters (lactones) is 1. The Bertz CT molecular complexity index is 3750. The smallest absolute Gasteiger partial charge is 0.424 e. The fraction of sp³-hybridized carbons (Fsp3) is 0.343. The summed E-state index contributed by atoms with van der Waals surface area (Å²) in [5.74, 6) is -4.50. The van der Waals surface area contributed by atoms with Crippen LogP contribution >= 0.6 is 52.1 Å². The van der Waals surface area contributed by atoms with E-state index < -0.39 is 83.8 Å². The lowest BCUT2D eigenvalue weighted by Gasteiger charge is -2.28. The lowest BCUT2D eigenvalue weighted by atomic mass is 10.1. The molecule has 34 heteroatoms. The highest BCUT2D eigenvalue weighted by Gasteiger charge is 2.42. The molecule has 3 aliphatic rings. The second-order valence-corrected chi connectivity index (χ2v) is 22.1. The van der Waals surface area contributed by atoms with Gasteiger partial charge >= 0.3 is 42.5 Å². The quantitative estimate of drug-likeness (QED) is 0.0163. The number of carboxylic acids is 1. The van der Waals surface area contributed by atoms with Crippen LogP contribution in [-0.2, 0) is 63.9 Å². The van der Waals surface area contributed by atoms with Crippen molar-refractivity contribution in [2.45, 2.75) is 111 Å². The number of aryl methyl sites for hydroxylation is 1. The molecule has 4 heterocycles. The molecule has 26 nitrogen and oxygen atoms in total. The average Bonchev–Trinajstić information content (AvgIpc) is 1.64. The lowest BCUT2D eigenvalue weighted by Crippen LogP contribution is -2.41. The molecule has 1 fully saturated rings. The molecule has 0 saturated carbocycles. The van der Waals surface area contributed by atoms with Crippen LogP contribution in [0.15, 0.2) is 146 Å². The van der Waals surface area contributed by atoms with Crippen molar-refractivity contribution in [2.24, 2.45) is 11.5 Å². The Labute approximate surface area is 624 Å². The molecule has 1 saturated heterocycles. The molecule has 0 aliphatic carbocycles. The SMILES string of the molecule is C.C.CCOC(=O)N1C(=O)c2ccccc2C1=O.CN(C(=O)CCc1cccc(F)c1Cl)[C@@H](CCCN)COC(=O)Nc1ccc(C(F)(F)F)cn1.NCCC[C@H](NC(=O)OCc1ccccc1)C(=O)O.O=C1OCN(C(=O)OCc2ccccc2)[C@H]1CCCN1C(=O)c2ccccc2C1=O.S.S.S. The molecule has 566 valence electrons. The van der Waals surface area contributed by atoms with Crippen LogP contribution in [0.5, 0.6) is 0 Å². The van der Waals surface area contributed by atoms with Gasteiger partial charge in [-0.15, -0.1) is 0 Å². The molecule has 6 aromatic rings. The number of aliphatic carboxylic acids is 1. The minimum absolute atomic E-state index is 0. The number of esters is 1. The third-order valence-corrected chi connectivity index (χ3v) is 15.4. The third kappa shape index (κ3) is 27.1. The van der Waals surface area contributed by atoms with Gasteiger partial charge in [0.1, 0.15) is 43.5 Å². The zero-order valence-corrected chi connectivity index (χ0v) is 58.9. The van der Waals surface area contributed by atoms with Crippen LogP contribution in [0.1, 0.15) is 130 Å². The normalized spacial score (nSPS) is 13.4. The summed E-state index contributed by atoms with van der Waals surface area (Å²) in [5, 5.41) is 13.4. The summed E-state index contributed by atoms with van der Waals surface area (Å²) in [4.78, 5) is 139. The van der Waals surface area contributed by atoms with Gasteiger partial charge in [-0.05, 0) is 124 Å². The van der Waals surface area contributed by atoms with Crippen molar-refractivity contribution in [3.8, 4) is 0 Å². The first kappa shape index (κ1) is 92.2. The Morgan fingerprint density at radius 3 is 1.72 bits per heavy atom. The number of fused-ring (bicyclic) bond motifs is 2. The third-order valence-electron chi connectivity index (χ3n) is 15.0. The summed E-state index contributed by atoms with van der Waals surface area (Å²) < 4.78 is 76.4. The highest BCUT2D eigenvalue weighted by Crippen LogP contribution is 2.30. The lowest BCUT2D eigenvalue weighted by molar-refractivity contribution is -0.140. The maximum atomic E-state index is 13.6. The van der Waals surface area contributed by atoms with E-state index in [1.807, 2.05) is 60.7 Å². The van der Waals surface area contributed by atoms with Crippen LogP contribution in [0.3, 0.4) is 0 Å². The number of ether oxygens (including phenoxy) is 5. The number of likely N-dealkylation sites (N-methyl/N-ethyl adjacent to an activating group) is 1. The molecule has 9 rings (SSSR count). The number of carboxylic acid groups (broad SMARTS) is 1. The number of carbonyl (C=O) groups excluding carboxylic acids is 10. The number of benzene rings is 5. The Hall–Kier alpha value is -9.80. The van der Waals surface area contributed by atoms with Crippen LogP contribution in [0.2, 0.25) is 5.02 Å². The van der Waals surface area contributed by atoms with Crippen LogP contribution in [-0.4, -0.2) is 160 Å². The van der Waals surface area contributed by atoms with Gasteiger partial charge in [0, 0.05) is 26.2 Å². The first-order chi connectivity index (χ1) is 47.4. The molecule has 0 radical (unpaired) electrons. The van der Waals surface area contributed by atoms with Crippen LogP contribution < -0.4 is 22.1 Å². The number of pyridine rings is 1. The summed E-state index contributed by atoms with van der Waals surface area (Å²) in [7, 11) is 1.55. The number of imide groups is 4. The van der Waals surface area contributed by atoms with Gasteiger partial charge in [0.05, 0.1) is 45.5 Å². The maximum absolute atomic E-state index is 13.6.